The summed E-state index contributed by atoms with van der Waals surface area (Å²) in [6, 6.07) is 9.24. The van der Waals surface area contributed by atoms with Gasteiger partial charge < -0.3 is 10.6 Å². The molecule has 0 bridgehead atoms. The van der Waals surface area contributed by atoms with Gasteiger partial charge in [0.05, 0.1) is 6.54 Å². The molecule has 2 aromatic rings. The molecule has 0 spiro atoms. The molecule has 0 saturated carbocycles. The molecule has 0 aliphatic heterocycles. The Morgan fingerprint density at radius 2 is 1.91 bits per heavy atom. The van der Waals surface area contributed by atoms with Gasteiger partial charge in [0.1, 0.15) is 5.82 Å². The molecule has 0 fully saturated rings. The number of nitrogens with two attached hydrogens (primary N) is 1. The summed E-state index contributed by atoms with van der Waals surface area (Å²) >= 11 is 0. The Balaban J connectivity index is 2.54. The van der Waals surface area contributed by atoms with Gasteiger partial charge in [-0.2, -0.15) is 0 Å². The first-order chi connectivity index (χ1) is 10.5. The number of hydrogen-bond acceptors (Lipinski definition) is 4. The monoisotopic (exact) mass is 302 g/mol. The Hall–Kier alpha value is -2.83. The second kappa shape index (κ2) is 6.30. The van der Waals surface area contributed by atoms with E-state index >= 15 is 0 Å². The fraction of sp³-hybridized carbons (Fsp3) is 0.267. The summed E-state index contributed by atoms with van der Waals surface area (Å²) in [5, 5.41) is 0. The van der Waals surface area contributed by atoms with Crippen molar-refractivity contribution in [3.05, 3.63) is 56.7 Å². The fourth-order valence-corrected chi connectivity index (χ4v) is 2.19. The highest BCUT2D eigenvalue weighted by Crippen LogP contribution is 2.16. The zero-order valence-electron chi connectivity index (χ0n) is 12.5. The van der Waals surface area contributed by atoms with Crippen LogP contribution in [0.4, 0.5) is 11.5 Å². The number of carbonyl (C=O) groups is 1. The third kappa shape index (κ3) is 2.93. The lowest BCUT2D eigenvalue weighted by atomic mass is 10.2. The Bertz CT molecular complexity index is 793. The van der Waals surface area contributed by atoms with Crippen LogP contribution in [0, 0.1) is 0 Å². The van der Waals surface area contributed by atoms with Gasteiger partial charge >= 0.3 is 5.69 Å². The smallest absolute Gasteiger partial charge is 0.330 e. The number of hydrogen-bond donors (Lipinski definition) is 2. The highest BCUT2D eigenvalue weighted by molar-refractivity contribution is 5.94. The summed E-state index contributed by atoms with van der Waals surface area (Å²) in [5.74, 6) is -0.288. The van der Waals surface area contributed by atoms with Crippen LogP contribution in [-0.2, 0) is 11.3 Å². The van der Waals surface area contributed by atoms with E-state index in [4.69, 9.17) is 5.73 Å². The average molecular weight is 302 g/mol. The van der Waals surface area contributed by atoms with Gasteiger partial charge in [-0.25, -0.2) is 4.79 Å². The lowest BCUT2D eigenvalue weighted by Gasteiger charge is -2.19. The molecule has 7 nitrogen and oxygen atoms in total. The zero-order chi connectivity index (χ0) is 16.3. The van der Waals surface area contributed by atoms with Crippen LogP contribution in [0.2, 0.25) is 0 Å². The van der Waals surface area contributed by atoms with Crippen LogP contribution in [0.5, 0.6) is 0 Å². The van der Waals surface area contributed by atoms with Crippen LogP contribution in [0.25, 0.3) is 0 Å². The van der Waals surface area contributed by atoms with E-state index in [0.717, 1.165) is 5.56 Å². The maximum Gasteiger partial charge on any atom is 0.330 e. The van der Waals surface area contributed by atoms with Crippen LogP contribution in [-0.4, -0.2) is 22.5 Å². The number of nitrogens with one attached hydrogen (secondary N) is 1. The first kappa shape index (κ1) is 15.6. The number of aromatic amines is 1. The molecular formula is C15H18N4O3. The number of anilines is 2. The maximum atomic E-state index is 12.0. The highest BCUT2D eigenvalue weighted by atomic mass is 16.2. The largest absolute Gasteiger partial charge is 0.383 e. The van der Waals surface area contributed by atoms with Gasteiger partial charge in [0.25, 0.3) is 5.56 Å². The molecule has 1 amide bonds. The van der Waals surface area contributed by atoms with E-state index in [9.17, 15) is 14.4 Å². The molecule has 1 heterocycles. The number of aromatic nitrogens is 2. The Labute approximate surface area is 127 Å². The van der Waals surface area contributed by atoms with E-state index in [1.807, 2.05) is 30.3 Å². The molecule has 116 valence electrons. The summed E-state index contributed by atoms with van der Waals surface area (Å²) in [4.78, 5) is 39.2. The third-order valence-electron chi connectivity index (χ3n) is 3.41. The molecule has 0 radical (unpaired) electrons. The van der Waals surface area contributed by atoms with Gasteiger partial charge in [-0.15, -0.1) is 0 Å². The Morgan fingerprint density at radius 1 is 1.27 bits per heavy atom. The van der Waals surface area contributed by atoms with Crippen molar-refractivity contribution < 1.29 is 4.79 Å². The normalized spacial score (nSPS) is 10.5. The van der Waals surface area contributed by atoms with Crippen molar-refractivity contribution in [2.45, 2.75) is 19.9 Å². The molecular weight excluding hydrogens is 284 g/mol. The van der Waals surface area contributed by atoms with E-state index in [-0.39, 0.29) is 30.4 Å². The summed E-state index contributed by atoms with van der Waals surface area (Å²) < 4.78 is 1.24. The van der Waals surface area contributed by atoms with Crippen molar-refractivity contribution in [2.24, 2.45) is 0 Å². The van der Waals surface area contributed by atoms with Gasteiger partial charge in [-0.05, 0) is 5.56 Å². The molecule has 3 N–H and O–H groups in total. The number of nitrogen functional groups attached to an aromatic ring is 1. The molecule has 0 saturated heterocycles. The van der Waals surface area contributed by atoms with Crippen LogP contribution in [0.3, 0.4) is 0 Å². The molecule has 1 aromatic heterocycles. The van der Waals surface area contributed by atoms with Gasteiger partial charge in [0, 0.05) is 13.5 Å². The summed E-state index contributed by atoms with van der Waals surface area (Å²) in [7, 11) is 1.46. The van der Waals surface area contributed by atoms with E-state index in [0.29, 0.717) is 0 Å². The summed E-state index contributed by atoms with van der Waals surface area (Å²) in [5.41, 5.74) is 5.55. The molecule has 0 unspecified atom stereocenters. The molecule has 2 rings (SSSR count). The molecule has 0 aliphatic rings. The minimum absolute atomic E-state index is 0.0117. The molecule has 22 heavy (non-hydrogen) atoms. The number of amides is 1. The number of carbonyl (C=O) groups excluding carboxylic acids is 1. The molecule has 0 atom stereocenters. The van der Waals surface area contributed by atoms with E-state index in [1.165, 1.54) is 16.5 Å². The number of H-pyrrole nitrogens is 1. The first-order valence-corrected chi connectivity index (χ1v) is 6.88. The van der Waals surface area contributed by atoms with Crippen molar-refractivity contribution in [3.8, 4) is 0 Å². The zero-order valence-corrected chi connectivity index (χ0v) is 12.5. The van der Waals surface area contributed by atoms with Crippen molar-refractivity contribution in [2.75, 3.05) is 17.7 Å². The predicted molar refractivity (Wildman–Crippen MR) is 85.0 cm³/mol. The predicted octanol–water partition coefficient (Wildman–Crippen LogP) is 0.540. The second-order valence-corrected chi connectivity index (χ2v) is 4.87. The van der Waals surface area contributed by atoms with E-state index < -0.39 is 11.2 Å². The standard InChI is InChI=1S/C15H18N4O3/c1-3-11(20)18(2)12-13(16)19(15(22)17-14(12)21)9-10-7-5-4-6-8-10/h4-8H,3,9,16H2,1-2H3,(H,17,21,22). The minimum atomic E-state index is -0.670. The lowest BCUT2D eigenvalue weighted by molar-refractivity contribution is -0.118. The number of rotatable bonds is 4. The van der Waals surface area contributed by atoms with Gasteiger partial charge in [0.2, 0.25) is 5.91 Å². The minimum Gasteiger partial charge on any atom is -0.383 e. The second-order valence-electron chi connectivity index (χ2n) is 4.87. The first-order valence-electron chi connectivity index (χ1n) is 6.88. The van der Waals surface area contributed by atoms with Crippen molar-refractivity contribution in [1.82, 2.24) is 9.55 Å². The summed E-state index contributed by atoms with van der Waals surface area (Å²) in [6.07, 6.45) is 0.229. The summed E-state index contributed by atoms with van der Waals surface area (Å²) in [6.45, 7) is 1.90. The van der Waals surface area contributed by atoms with Gasteiger partial charge in [-0.1, -0.05) is 37.3 Å². The van der Waals surface area contributed by atoms with Crippen LogP contribution in [0.1, 0.15) is 18.9 Å². The van der Waals surface area contributed by atoms with E-state index in [2.05, 4.69) is 4.98 Å². The molecule has 1 aromatic carbocycles. The number of nitrogens with zero attached hydrogens (tertiary/aromatic N) is 2. The Morgan fingerprint density at radius 3 is 2.50 bits per heavy atom. The Kier molecular flexibility index (Phi) is 4.45. The highest BCUT2D eigenvalue weighted by Gasteiger charge is 2.19. The van der Waals surface area contributed by atoms with Crippen LogP contribution >= 0.6 is 0 Å². The van der Waals surface area contributed by atoms with Gasteiger partial charge in [-0.3, -0.25) is 19.1 Å². The molecule has 0 aliphatic carbocycles. The SMILES string of the molecule is CCC(=O)N(C)c1c(N)n(Cc2ccccc2)c(=O)[nH]c1=O. The van der Waals surface area contributed by atoms with Gasteiger partial charge in [0.15, 0.2) is 5.69 Å². The van der Waals surface area contributed by atoms with Crippen LogP contribution < -0.4 is 21.9 Å². The molecule has 7 heteroatoms. The van der Waals surface area contributed by atoms with Crippen molar-refractivity contribution in [3.63, 3.8) is 0 Å². The van der Waals surface area contributed by atoms with E-state index in [1.54, 1.807) is 6.92 Å². The van der Waals surface area contributed by atoms with Crippen molar-refractivity contribution >= 4 is 17.4 Å². The fourth-order valence-electron chi connectivity index (χ4n) is 2.19. The number of benzene rings is 1. The maximum absolute atomic E-state index is 12.0. The van der Waals surface area contributed by atoms with Crippen molar-refractivity contribution in [1.29, 1.82) is 0 Å². The third-order valence-corrected chi connectivity index (χ3v) is 3.41. The van der Waals surface area contributed by atoms with Crippen LogP contribution in [0.15, 0.2) is 39.9 Å². The topological polar surface area (TPSA) is 101 Å². The quantitative estimate of drug-likeness (QED) is 0.860. The average Bonchev–Trinajstić information content (AvgIpc) is 2.51. The lowest BCUT2D eigenvalue weighted by Crippen LogP contribution is -2.39.